The molecule has 6 rings (SSSR count). The molecule has 1 unspecified atom stereocenters. The Morgan fingerprint density at radius 3 is 2.48 bits per heavy atom. The van der Waals surface area contributed by atoms with Crippen molar-refractivity contribution in [3.05, 3.63) is 81.6 Å². The fraction of sp³-hybridized carbons (Fsp3) is 0.452. The number of piperazine rings is 1. The lowest BCUT2D eigenvalue weighted by Crippen LogP contribution is -2.57. The van der Waals surface area contributed by atoms with Crippen molar-refractivity contribution in [3.63, 3.8) is 0 Å². The minimum Gasteiger partial charge on any atom is -0.364 e. The molecule has 0 aliphatic carbocycles. The fourth-order valence-corrected chi connectivity index (χ4v) is 6.35. The van der Waals surface area contributed by atoms with Crippen molar-refractivity contribution in [1.29, 1.82) is 5.26 Å². The van der Waals surface area contributed by atoms with E-state index in [1.807, 2.05) is 0 Å². The number of halogens is 1. The number of pyridine rings is 2. The molecule has 3 aromatic heterocycles. The van der Waals surface area contributed by atoms with E-state index in [1.54, 1.807) is 41.9 Å². The van der Waals surface area contributed by atoms with E-state index in [2.05, 4.69) is 51.8 Å². The number of hydrogen-bond acceptors (Lipinski definition) is 9. The first-order valence-corrected chi connectivity index (χ1v) is 14.4. The Morgan fingerprint density at radius 2 is 1.76 bits per heavy atom. The maximum absolute atomic E-state index is 14.0. The molecule has 4 aromatic rings. The lowest BCUT2D eigenvalue weighted by Gasteiger charge is -2.47. The summed E-state index contributed by atoms with van der Waals surface area (Å²) >= 11 is 0. The minimum atomic E-state index is -0.360. The Morgan fingerprint density at radius 1 is 1.02 bits per heavy atom. The van der Waals surface area contributed by atoms with E-state index in [4.69, 9.17) is 9.51 Å². The zero-order chi connectivity index (χ0) is 29.5. The van der Waals surface area contributed by atoms with E-state index in [0.29, 0.717) is 41.4 Å². The third kappa shape index (κ3) is 5.16. The lowest BCUT2D eigenvalue weighted by atomic mass is 9.96. The summed E-state index contributed by atoms with van der Waals surface area (Å²) in [5.74, 6) is 1.18. The molecule has 5 heterocycles. The van der Waals surface area contributed by atoms with Crippen LogP contribution in [-0.4, -0.2) is 74.8 Å². The zero-order valence-corrected chi connectivity index (χ0v) is 24.4. The van der Waals surface area contributed by atoms with Gasteiger partial charge in [-0.05, 0) is 76.7 Å². The molecule has 0 N–H and O–H groups in total. The normalized spacial score (nSPS) is 21.5. The van der Waals surface area contributed by atoms with Gasteiger partial charge in [0.2, 0.25) is 5.89 Å². The molecular weight excluding hydrogens is 535 g/mol. The molecule has 10 nitrogen and oxygen atoms in total. The molecule has 2 aliphatic heterocycles. The van der Waals surface area contributed by atoms with Crippen LogP contribution in [0.4, 0.5) is 10.1 Å². The molecule has 0 saturated carbocycles. The second-order valence-corrected chi connectivity index (χ2v) is 11.7. The van der Waals surface area contributed by atoms with Crippen LogP contribution in [-0.2, 0) is 7.05 Å². The van der Waals surface area contributed by atoms with Crippen LogP contribution in [0.1, 0.15) is 61.6 Å². The second kappa shape index (κ2) is 11.3. The number of benzene rings is 1. The molecule has 0 radical (unpaired) electrons. The number of anilines is 1. The Bertz CT molecular complexity index is 1690. The van der Waals surface area contributed by atoms with Crippen molar-refractivity contribution in [2.24, 2.45) is 7.05 Å². The quantitative estimate of drug-likeness (QED) is 0.354. The van der Waals surface area contributed by atoms with E-state index in [-0.39, 0.29) is 35.4 Å². The summed E-state index contributed by atoms with van der Waals surface area (Å²) in [6.45, 7) is 7.43. The van der Waals surface area contributed by atoms with E-state index >= 15 is 0 Å². The van der Waals surface area contributed by atoms with Crippen molar-refractivity contribution in [2.75, 3.05) is 38.1 Å². The fourth-order valence-electron chi connectivity index (χ4n) is 6.35. The number of hydrogen-bond donors (Lipinski definition) is 0. The average Bonchev–Trinajstić information content (AvgIpc) is 3.47. The van der Waals surface area contributed by atoms with Crippen molar-refractivity contribution >= 4 is 16.7 Å². The summed E-state index contributed by atoms with van der Waals surface area (Å²) in [5.41, 5.74) is 3.05. The highest BCUT2D eigenvalue weighted by atomic mass is 19.1. The first-order chi connectivity index (χ1) is 20.2. The Labute approximate surface area is 244 Å². The molecule has 0 bridgehead atoms. The van der Waals surface area contributed by atoms with Crippen LogP contribution < -0.4 is 10.5 Å². The number of piperidine rings is 1. The maximum Gasteiger partial charge on any atom is 0.252 e. The lowest BCUT2D eigenvalue weighted by molar-refractivity contribution is 0.110. The van der Waals surface area contributed by atoms with Gasteiger partial charge < -0.3 is 18.9 Å². The van der Waals surface area contributed by atoms with Gasteiger partial charge in [-0.2, -0.15) is 10.2 Å². The number of aromatic nitrogens is 4. The summed E-state index contributed by atoms with van der Waals surface area (Å²) in [6.07, 6.45) is 1.96. The van der Waals surface area contributed by atoms with Crippen LogP contribution in [0.3, 0.4) is 0 Å². The van der Waals surface area contributed by atoms with Gasteiger partial charge in [-0.15, -0.1) is 0 Å². The first-order valence-electron chi connectivity index (χ1n) is 14.4. The van der Waals surface area contributed by atoms with Gasteiger partial charge in [0.25, 0.3) is 5.56 Å². The molecule has 3 atom stereocenters. The molecule has 1 aromatic carbocycles. The molecule has 218 valence electrons. The summed E-state index contributed by atoms with van der Waals surface area (Å²) in [6, 6.07) is 13.2. The van der Waals surface area contributed by atoms with Gasteiger partial charge >= 0.3 is 0 Å². The summed E-state index contributed by atoms with van der Waals surface area (Å²) in [5, 5.41) is 13.9. The maximum atomic E-state index is 14.0. The molecular formula is C31H35FN8O2. The number of nitrogens with zero attached hydrogens (tertiary/aromatic N) is 8. The van der Waals surface area contributed by atoms with Crippen LogP contribution in [0.5, 0.6) is 0 Å². The van der Waals surface area contributed by atoms with Crippen LogP contribution in [0, 0.1) is 17.1 Å². The van der Waals surface area contributed by atoms with Gasteiger partial charge in [0.15, 0.2) is 5.82 Å². The second-order valence-electron chi connectivity index (χ2n) is 11.7. The summed E-state index contributed by atoms with van der Waals surface area (Å²) < 4.78 is 21.5. The molecule has 2 saturated heterocycles. The standard InChI is InChI=1S/C31H35FN8O2/c1-19-18-40(20(2)17-39(19)26-15-27(41)38(4)25-10-9-24(16-33)34-28(25)26)29(21-5-7-23(32)8-6-21)31-35-30(36-42-31)22-11-13-37(3)14-12-22/h5-10,15,19-20,22,29H,11-14,17-18H2,1-4H3/t19-,20+,29?/m0/s1. The van der Waals surface area contributed by atoms with Crippen molar-refractivity contribution in [1.82, 2.24) is 29.5 Å². The van der Waals surface area contributed by atoms with Gasteiger partial charge in [0, 0.05) is 44.2 Å². The van der Waals surface area contributed by atoms with Gasteiger partial charge in [-0.1, -0.05) is 17.3 Å². The van der Waals surface area contributed by atoms with Gasteiger partial charge in [-0.3, -0.25) is 9.69 Å². The molecule has 0 spiro atoms. The van der Waals surface area contributed by atoms with Gasteiger partial charge in [0.05, 0.1) is 11.2 Å². The zero-order valence-electron chi connectivity index (χ0n) is 24.4. The SMILES string of the molecule is C[C@@H]1CN(c2cc(=O)n(C)c3ccc(C#N)nc23)[C@@H](C)CN1C(c1ccc(F)cc1)c1nc(C2CCN(C)CC2)no1. The predicted molar refractivity (Wildman–Crippen MR) is 157 cm³/mol. The number of rotatable bonds is 5. The van der Waals surface area contributed by atoms with E-state index in [9.17, 15) is 14.4 Å². The van der Waals surface area contributed by atoms with Gasteiger partial charge in [0.1, 0.15) is 29.1 Å². The highest BCUT2D eigenvalue weighted by Crippen LogP contribution is 2.36. The Kier molecular flexibility index (Phi) is 7.51. The highest BCUT2D eigenvalue weighted by molar-refractivity contribution is 5.89. The minimum absolute atomic E-state index is 0.00630. The highest BCUT2D eigenvalue weighted by Gasteiger charge is 2.39. The van der Waals surface area contributed by atoms with Crippen LogP contribution in [0.2, 0.25) is 0 Å². The van der Waals surface area contributed by atoms with Gasteiger partial charge in [-0.25, -0.2) is 9.37 Å². The topological polar surface area (TPSA) is 107 Å². The molecule has 0 amide bonds. The van der Waals surface area contributed by atoms with E-state index < -0.39 is 0 Å². The molecule has 2 aliphatic rings. The summed E-state index contributed by atoms with van der Waals surface area (Å²) in [7, 11) is 3.84. The van der Waals surface area contributed by atoms with Crippen molar-refractivity contribution in [2.45, 2.75) is 50.7 Å². The number of aryl methyl sites for hydroxylation is 1. The third-order valence-electron chi connectivity index (χ3n) is 8.82. The predicted octanol–water partition coefficient (Wildman–Crippen LogP) is 3.83. The van der Waals surface area contributed by atoms with Crippen molar-refractivity contribution in [3.8, 4) is 6.07 Å². The average molecular weight is 571 g/mol. The largest absolute Gasteiger partial charge is 0.364 e. The van der Waals surface area contributed by atoms with E-state index in [0.717, 1.165) is 37.3 Å². The Balaban J connectivity index is 1.35. The number of likely N-dealkylation sites (tertiary alicyclic amines) is 1. The van der Waals surface area contributed by atoms with Crippen LogP contribution in [0.15, 0.2) is 51.8 Å². The van der Waals surface area contributed by atoms with Crippen LogP contribution in [0.25, 0.3) is 11.0 Å². The molecule has 11 heteroatoms. The Hall–Kier alpha value is -4.14. The van der Waals surface area contributed by atoms with Crippen LogP contribution >= 0.6 is 0 Å². The summed E-state index contributed by atoms with van der Waals surface area (Å²) in [4.78, 5) is 29.3. The smallest absolute Gasteiger partial charge is 0.252 e. The first kappa shape index (κ1) is 28.0. The third-order valence-corrected chi connectivity index (χ3v) is 8.82. The van der Waals surface area contributed by atoms with E-state index in [1.165, 1.54) is 12.1 Å². The number of fused-ring (bicyclic) bond motifs is 1. The monoisotopic (exact) mass is 570 g/mol. The van der Waals surface area contributed by atoms with Crippen molar-refractivity contribution < 1.29 is 8.91 Å². The molecule has 42 heavy (non-hydrogen) atoms. The number of nitriles is 1. The molecule has 2 fully saturated rings.